The maximum atomic E-state index is 12.1. The van der Waals surface area contributed by atoms with Crippen LogP contribution in [0.2, 0.25) is 0 Å². The fraction of sp³-hybridized carbons (Fsp3) is 0.636. The van der Waals surface area contributed by atoms with Gasteiger partial charge in [-0.1, -0.05) is 6.92 Å². The molecular formula is C11H18N4O. The number of hydrogen-bond donors (Lipinski definition) is 0. The standard InChI is InChI=1S/C11H18N4O/c1-3-14-6-8-15(9-7-14)11(16)10-12-4-5-13(10)2/h4-5H,3,6-9H2,1-2H3. The third-order valence-electron chi connectivity index (χ3n) is 3.12. The molecular weight excluding hydrogens is 204 g/mol. The molecule has 0 spiro atoms. The number of nitrogens with zero attached hydrogens (tertiary/aromatic N) is 4. The Balaban J connectivity index is 2.00. The van der Waals surface area contributed by atoms with E-state index < -0.39 is 0 Å². The Labute approximate surface area is 95.7 Å². The fourth-order valence-electron chi connectivity index (χ4n) is 1.98. The van der Waals surface area contributed by atoms with Crippen molar-refractivity contribution in [2.75, 3.05) is 32.7 Å². The summed E-state index contributed by atoms with van der Waals surface area (Å²) < 4.78 is 1.77. The van der Waals surface area contributed by atoms with E-state index in [-0.39, 0.29) is 5.91 Å². The van der Waals surface area contributed by atoms with Gasteiger partial charge in [-0.15, -0.1) is 0 Å². The summed E-state index contributed by atoms with van der Waals surface area (Å²) in [4.78, 5) is 20.4. The highest BCUT2D eigenvalue weighted by Gasteiger charge is 2.23. The molecule has 2 heterocycles. The average molecular weight is 222 g/mol. The molecule has 16 heavy (non-hydrogen) atoms. The number of carbonyl (C=O) groups excluding carboxylic acids is 1. The Morgan fingerprint density at radius 2 is 2.06 bits per heavy atom. The monoisotopic (exact) mass is 222 g/mol. The summed E-state index contributed by atoms with van der Waals surface area (Å²) in [6, 6.07) is 0. The smallest absolute Gasteiger partial charge is 0.289 e. The number of likely N-dealkylation sites (N-methyl/N-ethyl adjacent to an activating group) is 1. The Hall–Kier alpha value is -1.36. The third kappa shape index (κ3) is 2.09. The van der Waals surface area contributed by atoms with Gasteiger partial charge in [0.2, 0.25) is 0 Å². The topological polar surface area (TPSA) is 41.4 Å². The van der Waals surface area contributed by atoms with Crippen LogP contribution in [0.1, 0.15) is 17.5 Å². The highest BCUT2D eigenvalue weighted by molar-refractivity contribution is 5.90. The van der Waals surface area contributed by atoms with Crippen molar-refractivity contribution in [2.45, 2.75) is 6.92 Å². The van der Waals surface area contributed by atoms with Crippen LogP contribution in [0.25, 0.3) is 0 Å². The first-order valence-corrected chi connectivity index (χ1v) is 5.71. The Morgan fingerprint density at radius 1 is 1.38 bits per heavy atom. The number of rotatable bonds is 2. The number of piperazine rings is 1. The molecule has 0 bridgehead atoms. The minimum atomic E-state index is 0.0447. The summed E-state index contributed by atoms with van der Waals surface area (Å²) in [7, 11) is 1.85. The zero-order valence-corrected chi connectivity index (χ0v) is 9.89. The number of aromatic nitrogens is 2. The van der Waals surface area contributed by atoms with E-state index in [1.807, 2.05) is 11.9 Å². The molecule has 1 saturated heterocycles. The summed E-state index contributed by atoms with van der Waals surface area (Å²) in [5.74, 6) is 0.577. The minimum absolute atomic E-state index is 0.0447. The molecule has 0 atom stereocenters. The number of aryl methyl sites for hydroxylation is 1. The summed E-state index contributed by atoms with van der Waals surface area (Å²) >= 11 is 0. The molecule has 0 saturated carbocycles. The van der Waals surface area contributed by atoms with Crippen molar-refractivity contribution in [1.29, 1.82) is 0 Å². The van der Waals surface area contributed by atoms with Crippen LogP contribution in [0.3, 0.4) is 0 Å². The first kappa shape index (κ1) is 11.1. The Morgan fingerprint density at radius 3 is 2.56 bits per heavy atom. The zero-order chi connectivity index (χ0) is 11.5. The molecule has 1 aromatic rings. The maximum absolute atomic E-state index is 12.1. The Bertz CT molecular complexity index is 366. The van der Waals surface area contributed by atoms with E-state index in [2.05, 4.69) is 16.8 Å². The molecule has 5 heteroatoms. The third-order valence-corrected chi connectivity index (χ3v) is 3.12. The molecule has 0 aromatic carbocycles. The summed E-state index contributed by atoms with van der Waals surface area (Å²) in [5.41, 5.74) is 0. The normalized spacial score (nSPS) is 17.8. The van der Waals surface area contributed by atoms with Gasteiger partial charge in [-0.3, -0.25) is 4.79 Å². The van der Waals surface area contributed by atoms with Crippen LogP contribution in [0, 0.1) is 0 Å². The molecule has 1 amide bonds. The molecule has 5 nitrogen and oxygen atoms in total. The van der Waals surface area contributed by atoms with Gasteiger partial charge in [0.15, 0.2) is 5.82 Å². The van der Waals surface area contributed by atoms with Crippen LogP contribution < -0.4 is 0 Å². The Kier molecular flexibility index (Phi) is 3.24. The van der Waals surface area contributed by atoms with Crippen molar-refractivity contribution >= 4 is 5.91 Å². The van der Waals surface area contributed by atoms with Crippen LogP contribution in [-0.4, -0.2) is 58.0 Å². The van der Waals surface area contributed by atoms with E-state index >= 15 is 0 Å². The second kappa shape index (κ2) is 4.65. The van der Waals surface area contributed by atoms with Crippen LogP contribution >= 0.6 is 0 Å². The molecule has 1 aromatic heterocycles. The lowest BCUT2D eigenvalue weighted by Gasteiger charge is -2.33. The van der Waals surface area contributed by atoms with Crippen molar-refractivity contribution in [2.24, 2.45) is 7.05 Å². The molecule has 2 rings (SSSR count). The lowest BCUT2D eigenvalue weighted by molar-refractivity contribution is 0.0628. The first-order chi connectivity index (χ1) is 7.72. The van der Waals surface area contributed by atoms with Gasteiger partial charge in [0.25, 0.3) is 5.91 Å². The van der Waals surface area contributed by atoms with Gasteiger partial charge in [0.1, 0.15) is 0 Å². The molecule has 1 aliphatic rings. The molecule has 1 aliphatic heterocycles. The summed E-state index contributed by atoms with van der Waals surface area (Å²) in [6.07, 6.45) is 3.46. The predicted octanol–water partition coefficient (Wildman–Crippen LogP) is 0.198. The fourth-order valence-corrected chi connectivity index (χ4v) is 1.98. The van der Waals surface area contributed by atoms with Crippen molar-refractivity contribution in [1.82, 2.24) is 19.4 Å². The van der Waals surface area contributed by atoms with E-state index in [0.717, 1.165) is 32.7 Å². The van der Waals surface area contributed by atoms with Crippen LogP contribution in [0.15, 0.2) is 12.4 Å². The van der Waals surface area contributed by atoms with E-state index in [1.165, 1.54) is 0 Å². The predicted molar refractivity (Wildman–Crippen MR) is 61.2 cm³/mol. The van der Waals surface area contributed by atoms with Gasteiger partial charge < -0.3 is 14.4 Å². The molecule has 0 aliphatic carbocycles. The van der Waals surface area contributed by atoms with Crippen molar-refractivity contribution < 1.29 is 4.79 Å². The van der Waals surface area contributed by atoms with Gasteiger partial charge in [0.05, 0.1) is 0 Å². The number of carbonyl (C=O) groups is 1. The highest BCUT2D eigenvalue weighted by atomic mass is 16.2. The van der Waals surface area contributed by atoms with E-state index in [1.54, 1.807) is 17.0 Å². The largest absolute Gasteiger partial charge is 0.333 e. The average Bonchev–Trinajstić information content (AvgIpc) is 2.75. The van der Waals surface area contributed by atoms with Gasteiger partial charge in [-0.2, -0.15) is 0 Å². The quantitative estimate of drug-likeness (QED) is 0.717. The second-order valence-electron chi connectivity index (χ2n) is 4.09. The van der Waals surface area contributed by atoms with Crippen molar-refractivity contribution in [3.8, 4) is 0 Å². The van der Waals surface area contributed by atoms with Crippen LogP contribution in [0.4, 0.5) is 0 Å². The van der Waals surface area contributed by atoms with Crippen LogP contribution in [0.5, 0.6) is 0 Å². The highest BCUT2D eigenvalue weighted by Crippen LogP contribution is 2.06. The maximum Gasteiger partial charge on any atom is 0.289 e. The van der Waals surface area contributed by atoms with E-state index in [0.29, 0.717) is 5.82 Å². The molecule has 0 unspecified atom stereocenters. The van der Waals surface area contributed by atoms with E-state index in [4.69, 9.17) is 0 Å². The van der Waals surface area contributed by atoms with Crippen molar-refractivity contribution in [3.05, 3.63) is 18.2 Å². The molecule has 1 fully saturated rings. The summed E-state index contributed by atoms with van der Waals surface area (Å²) in [5, 5.41) is 0. The van der Waals surface area contributed by atoms with E-state index in [9.17, 15) is 4.79 Å². The number of amides is 1. The number of imidazole rings is 1. The van der Waals surface area contributed by atoms with Gasteiger partial charge in [-0.25, -0.2) is 4.98 Å². The zero-order valence-electron chi connectivity index (χ0n) is 9.89. The van der Waals surface area contributed by atoms with Crippen LogP contribution in [-0.2, 0) is 7.05 Å². The molecule has 0 N–H and O–H groups in total. The number of hydrogen-bond acceptors (Lipinski definition) is 3. The van der Waals surface area contributed by atoms with Gasteiger partial charge in [-0.05, 0) is 6.54 Å². The lowest BCUT2D eigenvalue weighted by Crippen LogP contribution is -2.48. The molecule has 88 valence electrons. The lowest BCUT2D eigenvalue weighted by atomic mass is 10.3. The minimum Gasteiger partial charge on any atom is -0.333 e. The first-order valence-electron chi connectivity index (χ1n) is 5.71. The van der Waals surface area contributed by atoms with Gasteiger partial charge >= 0.3 is 0 Å². The second-order valence-corrected chi connectivity index (χ2v) is 4.09. The molecule has 0 radical (unpaired) electrons. The van der Waals surface area contributed by atoms with Crippen molar-refractivity contribution in [3.63, 3.8) is 0 Å². The SMILES string of the molecule is CCN1CCN(C(=O)c2nccn2C)CC1. The summed E-state index contributed by atoms with van der Waals surface area (Å²) in [6.45, 7) is 6.75. The van der Waals surface area contributed by atoms with Gasteiger partial charge in [0, 0.05) is 45.6 Å².